The van der Waals surface area contributed by atoms with E-state index in [0.717, 1.165) is 6.42 Å². The molecule has 88 valence electrons. The van der Waals surface area contributed by atoms with Gasteiger partial charge in [-0.3, -0.25) is 0 Å². The van der Waals surface area contributed by atoms with Gasteiger partial charge in [0.05, 0.1) is 0 Å². The van der Waals surface area contributed by atoms with Gasteiger partial charge in [0.1, 0.15) is 0 Å². The maximum Gasteiger partial charge on any atom is 0.190 e. The number of halogens is 6. The molecule has 0 radical (unpaired) electrons. The Balaban J connectivity index is 0. The average Bonchev–Trinajstić information content (AvgIpc) is 1.95. The van der Waals surface area contributed by atoms with E-state index in [9.17, 15) is 0 Å². The van der Waals surface area contributed by atoms with Crippen molar-refractivity contribution in [3.63, 3.8) is 0 Å². The molecule has 14 heavy (non-hydrogen) atoms. The molecule has 6 heteroatoms. The molecule has 0 aliphatic rings. The van der Waals surface area contributed by atoms with Gasteiger partial charge >= 0.3 is 0 Å². The maximum atomic E-state index is 5.54. The van der Waals surface area contributed by atoms with Crippen molar-refractivity contribution in [2.45, 2.75) is 47.1 Å². The number of alkyl halides is 6. The zero-order valence-corrected chi connectivity index (χ0v) is 12.4. The topological polar surface area (TPSA) is 0 Å². The Hall–Kier alpha value is 1.74. The third-order valence-corrected chi connectivity index (χ3v) is 1.88. The summed E-state index contributed by atoms with van der Waals surface area (Å²) in [5.41, 5.74) is 0. The molecule has 0 saturated heterocycles. The number of hydrogen-bond acceptors (Lipinski definition) is 0. The molecule has 0 amide bonds. The highest BCUT2D eigenvalue weighted by Gasteiger charge is 2.17. The smallest absolute Gasteiger partial charge is 0.0874 e. The Morgan fingerprint density at radius 3 is 1.64 bits per heavy atom. The first-order valence-electron chi connectivity index (χ1n) is 4.28. The van der Waals surface area contributed by atoms with Gasteiger partial charge in [-0.05, 0) is 12.8 Å². The van der Waals surface area contributed by atoms with Crippen molar-refractivity contribution in [2.75, 3.05) is 0 Å². The van der Waals surface area contributed by atoms with Crippen LogP contribution in [0.1, 0.15) is 39.0 Å². The highest BCUT2D eigenvalue weighted by molar-refractivity contribution is 6.67. The first-order valence-corrected chi connectivity index (χ1v) is 6.73. The molecule has 0 rings (SSSR count). The van der Waals surface area contributed by atoms with Gasteiger partial charge in [0.25, 0.3) is 0 Å². The quantitative estimate of drug-likeness (QED) is 0.420. The molecule has 0 aliphatic carbocycles. The molecule has 0 aliphatic heterocycles. The van der Waals surface area contributed by atoms with Crippen LogP contribution in [0.5, 0.6) is 0 Å². The van der Waals surface area contributed by atoms with E-state index >= 15 is 0 Å². The van der Waals surface area contributed by atoms with Crippen molar-refractivity contribution in [1.82, 2.24) is 0 Å². The van der Waals surface area contributed by atoms with E-state index < -0.39 is 8.09 Å². The van der Waals surface area contributed by atoms with Gasteiger partial charge in [0.15, 0.2) is 8.09 Å². The lowest BCUT2D eigenvalue weighted by atomic mass is 10.2. The molecule has 0 aromatic heterocycles. The van der Waals surface area contributed by atoms with Gasteiger partial charge in [-0.1, -0.05) is 95.8 Å². The molecule has 0 fully saturated rings. The fourth-order valence-electron chi connectivity index (χ4n) is 0.752. The second kappa shape index (κ2) is 11.2. The van der Waals surface area contributed by atoms with Crippen LogP contribution in [-0.2, 0) is 0 Å². The largest absolute Gasteiger partial charge is 0.190 e. The standard InChI is InChI=1S/C7H13Cl3.CHCl3/c1-2-3-4-5-6-7(8,9)10;2-1(3)4/h2-6H2,1H3;1H. The zero-order chi connectivity index (χ0) is 11.6. The molecule has 0 saturated carbocycles. The van der Waals surface area contributed by atoms with Crippen LogP contribution in [0, 0.1) is 0 Å². The SMILES string of the molecule is CCCCCCC(Cl)(Cl)Cl.ClC(Cl)Cl. The van der Waals surface area contributed by atoms with Crippen LogP contribution in [0.25, 0.3) is 0 Å². The summed E-state index contributed by atoms with van der Waals surface area (Å²) in [6.07, 6.45) is 5.33. The second-order valence-electron chi connectivity index (χ2n) is 2.67. The average molecular weight is 323 g/mol. The summed E-state index contributed by atoms with van der Waals surface area (Å²) in [5, 5.41) is 0. The lowest BCUT2D eigenvalue weighted by Gasteiger charge is -2.08. The van der Waals surface area contributed by atoms with Crippen molar-refractivity contribution >= 4 is 69.6 Å². The number of hydrogen-bond donors (Lipinski definition) is 0. The van der Waals surface area contributed by atoms with Crippen molar-refractivity contribution in [1.29, 1.82) is 0 Å². The highest BCUT2D eigenvalue weighted by Crippen LogP contribution is 2.31. The summed E-state index contributed by atoms with van der Waals surface area (Å²) in [7, 11) is 0. The molecule has 0 unspecified atom stereocenters. The van der Waals surface area contributed by atoms with Gasteiger partial charge in [-0.25, -0.2) is 0 Å². The summed E-state index contributed by atoms with van der Waals surface area (Å²) < 4.78 is -1.78. The number of rotatable bonds is 4. The van der Waals surface area contributed by atoms with E-state index in [4.69, 9.17) is 69.6 Å². The summed E-state index contributed by atoms with van der Waals surface area (Å²) in [6, 6.07) is 0. The molecular weight excluding hydrogens is 309 g/mol. The molecule has 0 spiro atoms. The van der Waals surface area contributed by atoms with Crippen molar-refractivity contribution in [2.24, 2.45) is 0 Å². The Morgan fingerprint density at radius 1 is 0.929 bits per heavy atom. The van der Waals surface area contributed by atoms with E-state index in [2.05, 4.69) is 6.92 Å². The van der Waals surface area contributed by atoms with E-state index in [1.165, 1.54) is 19.3 Å². The summed E-state index contributed by atoms with van der Waals surface area (Å²) in [5.74, 6) is 0. The van der Waals surface area contributed by atoms with Crippen LogP contribution >= 0.6 is 69.6 Å². The Bertz CT molecular complexity index is 106. The summed E-state index contributed by atoms with van der Waals surface area (Å²) in [6.45, 7) is 2.16. The third kappa shape index (κ3) is 29.2. The van der Waals surface area contributed by atoms with Gasteiger partial charge in [-0.15, -0.1) is 0 Å². The van der Waals surface area contributed by atoms with Crippen LogP contribution in [0.3, 0.4) is 0 Å². The first-order chi connectivity index (χ1) is 6.29. The Morgan fingerprint density at radius 2 is 1.36 bits per heavy atom. The van der Waals surface area contributed by atoms with Gasteiger partial charge < -0.3 is 0 Å². The number of unbranched alkanes of at least 4 members (excludes halogenated alkanes) is 3. The third-order valence-electron chi connectivity index (χ3n) is 1.31. The lowest BCUT2D eigenvalue weighted by Crippen LogP contribution is -2.00. The molecule has 0 nitrogen and oxygen atoms in total. The molecule has 0 N–H and O–H groups in total. The van der Waals surface area contributed by atoms with Crippen molar-refractivity contribution in [3.8, 4) is 0 Å². The van der Waals surface area contributed by atoms with Gasteiger partial charge in [-0.2, -0.15) is 0 Å². The van der Waals surface area contributed by atoms with E-state index in [1.54, 1.807) is 0 Å². The van der Waals surface area contributed by atoms with Crippen LogP contribution in [0.15, 0.2) is 0 Å². The summed E-state index contributed by atoms with van der Waals surface area (Å²) in [4.78, 5) is 0. The van der Waals surface area contributed by atoms with Crippen molar-refractivity contribution in [3.05, 3.63) is 0 Å². The van der Waals surface area contributed by atoms with Gasteiger partial charge in [0.2, 0.25) is 0 Å². The molecule has 0 aromatic carbocycles. The Labute approximate surface area is 116 Å². The fraction of sp³-hybridized carbons (Fsp3) is 1.00. The summed E-state index contributed by atoms with van der Waals surface area (Å²) >= 11 is 31.0. The minimum atomic E-state index is -1.03. The van der Waals surface area contributed by atoms with Crippen LogP contribution in [-0.4, -0.2) is 8.09 Å². The predicted molar refractivity (Wildman–Crippen MR) is 70.4 cm³/mol. The minimum absolute atomic E-state index is 0.678. The second-order valence-corrected chi connectivity index (χ2v) is 7.17. The highest BCUT2D eigenvalue weighted by atomic mass is 35.6. The predicted octanol–water partition coefficient (Wildman–Crippen LogP) is 6.31. The zero-order valence-electron chi connectivity index (χ0n) is 7.88. The normalized spacial score (nSPS) is 11.1. The minimum Gasteiger partial charge on any atom is -0.0874 e. The monoisotopic (exact) mass is 320 g/mol. The van der Waals surface area contributed by atoms with Crippen molar-refractivity contribution < 1.29 is 0 Å². The van der Waals surface area contributed by atoms with Gasteiger partial charge in [0, 0.05) is 0 Å². The molecule has 0 aromatic rings. The Kier molecular flexibility index (Phi) is 14.5. The van der Waals surface area contributed by atoms with E-state index in [0.29, 0.717) is 6.42 Å². The maximum absolute atomic E-state index is 5.54. The molecular formula is C8H14Cl6. The van der Waals surface area contributed by atoms with E-state index in [1.807, 2.05) is 0 Å². The first kappa shape index (κ1) is 18.1. The fourth-order valence-corrected chi connectivity index (χ4v) is 1.15. The molecule has 0 atom stereocenters. The van der Waals surface area contributed by atoms with Crippen LogP contribution in [0.2, 0.25) is 0 Å². The van der Waals surface area contributed by atoms with Crippen LogP contribution in [0.4, 0.5) is 0 Å². The molecule has 0 bridgehead atoms. The molecule has 0 heterocycles. The van der Waals surface area contributed by atoms with E-state index in [-0.39, 0.29) is 0 Å². The van der Waals surface area contributed by atoms with Crippen LogP contribution < -0.4 is 0 Å². The lowest BCUT2D eigenvalue weighted by molar-refractivity contribution is 0.639.